The molecular formula is C13H18N4O. The highest BCUT2D eigenvalue weighted by molar-refractivity contribution is 5.47. The molecule has 0 atom stereocenters. The summed E-state index contributed by atoms with van der Waals surface area (Å²) in [5.74, 6) is 1.07. The first kappa shape index (κ1) is 12.6. The molecule has 5 nitrogen and oxygen atoms in total. The highest BCUT2D eigenvalue weighted by Gasteiger charge is 2.18. The van der Waals surface area contributed by atoms with Gasteiger partial charge in [0.2, 0.25) is 0 Å². The maximum Gasteiger partial charge on any atom is 0.144 e. The summed E-state index contributed by atoms with van der Waals surface area (Å²) in [6, 6.07) is 7.74. The number of methoxy groups -OCH3 is 1. The number of nitrogens with zero attached hydrogens (tertiary/aromatic N) is 3. The molecule has 0 aliphatic heterocycles. The van der Waals surface area contributed by atoms with Gasteiger partial charge in [0.25, 0.3) is 0 Å². The molecule has 1 aromatic carbocycles. The van der Waals surface area contributed by atoms with Crippen LogP contribution in [0.5, 0.6) is 5.75 Å². The summed E-state index contributed by atoms with van der Waals surface area (Å²) in [7, 11) is 1.65. The molecule has 18 heavy (non-hydrogen) atoms. The minimum absolute atomic E-state index is 0.295. The molecule has 1 heterocycles. The summed E-state index contributed by atoms with van der Waals surface area (Å²) in [6.07, 6.45) is 0. The number of hydrogen-bond donors (Lipinski definition) is 1. The van der Waals surface area contributed by atoms with Gasteiger partial charge in [-0.15, -0.1) is 5.10 Å². The summed E-state index contributed by atoms with van der Waals surface area (Å²) in [4.78, 5) is 0. The van der Waals surface area contributed by atoms with Crippen molar-refractivity contribution in [1.29, 1.82) is 0 Å². The Morgan fingerprint density at radius 1 is 1.33 bits per heavy atom. The second-order valence-corrected chi connectivity index (χ2v) is 4.36. The normalized spacial score (nSPS) is 10.9. The highest BCUT2D eigenvalue weighted by Crippen LogP contribution is 2.26. The van der Waals surface area contributed by atoms with E-state index in [0.29, 0.717) is 12.5 Å². The summed E-state index contributed by atoms with van der Waals surface area (Å²) < 4.78 is 7.17. The topological polar surface area (TPSA) is 66.0 Å². The first-order valence-electron chi connectivity index (χ1n) is 5.97. The molecule has 2 aromatic rings. The van der Waals surface area contributed by atoms with E-state index < -0.39 is 0 Å². The largest absolute Gasteiger partial charge is 0.494 e. The Balaban J connectivity index is 2.60. The van der Waals surface area contributed by atoms with Gasteiger partial charge in [0.15, 0.2) is 0 Å². The van der Waals surface area contributed by atoms with E-state index in [1.54, 1.807) is 7.11 Å². The molecule has 0 saturated carbocycles. The summed E-state index contributed by atoms with van der Waals surface area (Å²) in [5, 5.41) is 8.33. The van der Waals surface area contributed by atoms with Crippen LogP contribution < -0.4 is 10.5 Å². The quantitative estimate of drug-likeness (QED) is 0.894. The lowest BCUT2D eigenvalue weighted by atomic mass is 10.1. The maximum absolute atomic E-state index is 5.70. The van der Waals surface area contributed by atoms with Crippen LogP contribution in [0.3, 0.4) is 0 Å². The molecule has 0 aliphatic carbocycles. The van der Waals surface area contributed by atoms with Crippen LogP contribution >= 0.6 is 0 Å². The molecule has 0 unspecified atom stereocenters. The van der Waals surface area contributed by atoms with E-state index in [0.717, 1.165) is 22.8 Å². The first-order chi connectivity index (χ1) is 8.69. The second-order valence-electron chi connectivity index (χ2n) is 4.36. The number of ether oxygens (including phenoxy) is 1. The van der Waals surface area contributed by atoms with Crippen molar-refractivity contribution in [2.24, 2.45) is 5.73 Å². The third-order valence-electron chi connectivity index (χ3n) is 2.83. The highest BCUT2D eigenvalue weighted by atomic mass is 16.5. The molecule has 96 valence electrons. The number of para-hydroxylation sites is 2. The summed E-state index contributed by atoms with van der Waals surface area (Å²) in [6.45, 7) is 4.59. The SMILES string of the molecule is COc1ccccc1-n1nnc(CN)c1C(C)C. The van der Waals surface area contributed by atoms with Crippen LogP contribution in [0, 0.1) is 0 Å². The van der Waals surface area contributed by atoms with Gasteiger partial charge in [-0.2, -0.15) is 0 Å². The average Bonchev–Trinajstić information content (AvgIpc) is 2.82. The summed E-state index contributed by atoms with van der Waals surface area (Å²) in [5.41, 5.74) is 8.45. The van der Waals surface area contributed by atoms with Crippen molar-refractivity contribution in [2.75, 3.05) is 7.11 Å². The smallest absolute Gasteiger partial charge is 0.144 e. The van der Waals surface area contributed by atoms with Gasteiger partial charge in [0, 0.05) is 6.54 Å². The number of benzene rings is 1. The lowest BCUT2D eigenvalue weighted by Gasteiger charge is -2.13. The Bertz CT molecular complexity index is 534. The number of nitrogens with two attached hydrogens (primary N) is 1. The summed E-state index contributed by atoms with van der Waals surface area (Å²) >= 11 is 0. The molecule has 2 rings (SSSR count). The van der Waals surface area contributed by atoms with E-state index in [4.69, 9.17) is 10.5 Å². The monoisotopic (exact) mass is 246 g/mol. The predicted octanol–water partition coefficient (Wildman–Crippen LogP) is 1.86. The van der Waals surface area contributed by atoms with E-state index in [9.17, 15) is 0 Å². The molecule has 0 saturated heterocycles. The van der Waals surface area contributed by atoms with Crippen molar-refractivity contribution in [3.63, 3.8) is 0 Å². The Labute approximate surface area is 107 Å². The molecule has 0 amide bonds. The van der Waals surface area contributed by atoms with E-state index in [-0.39, 0.29) is 0 Å². The van der Waals surface area contributed by atoms with Crippen molar-refractivity contribution in [3.05, 3.63) is 35.7 Å². The third-order valence-corrected chi connectivity index (χ3v) is 2.83. The molecule has 0 radical (unpaired) electrons. The zero-order chi connectivity index (χ0) is 13.1. The molecule has 0 bridgehead atoms. The van der Waals surface area contributed by atoms with Gasteiger partial charge in [0.05, 0.1) is 12.8 Å². The van der Waals surface area contributed by atoms with Crippen LogP contribution in [0.2, 0.25) is 0 Å². The standard InChI is InChI=1S/C13H18N4O/c1-9(2)13-10(8-14)15-16-17(13)11-6-4-5-7-12(11)18-3/h4-7,9H,8,14H2,1-3H3. The van der Waals surface area contributed by atoms with Gasteiger partial charge >= 0.3 is 0 Å². The zero-order valence-electron chi connectivity index (χ0n) is 10.9. The van der Waals surface area contributed by atoms with Gasteiger partial charge in [-0.25, -0.2) is 4.68 Å². The minimum atomic E-state index is 0.295. The predicted molar refractivity (Wildman–Crippen MR) is 69.9 cm³/mol. The van der Waals surface area contributed by atoms with Crippen molar-refractivity contribution >= 4 is 0 Å². The van der Waals surface area contributed by atoms with E-state index in [1.807, 2.05) is 28.9 Å². The van der Waals surface area contributed by atoms with Crippen LogP contribution in [0.4, 0.5) is 0 Å². The van der Waals surface area contributed by atoms with Crippen LogP contribution in [-0.2, 0) is 6.54 Å². The van der Waals surface area contributed by atoms with Crippen molar-refractivity contribution in [2.45, 2.75) is 26.3 Å². The third kappa shape index (κ3) is 2.09. The van der Waals surface area contributed by atoms with E-state index in [2.05, 4.69) is 24.2 Å². The van der Waals surface area contributed by atoms with E-state index in [1.165, 1.54) is 0 Å². The van der Waals surface area contributed by atoms with Gasteiger partial charge in [-0.05, 0) is 18.1 Å². The van der Waals surface area contributed by atoms with Gasteiger partial charge in [-0.3, -0.25) is 0 Å². The Kier molecular flexibility index (Phi) is 3.62. The Morgan fingerprint density at radius 2 is 2.06 bits per heavy atom. The fraction of sp³-hybridized carbons (Fsp3) is 0.385. The number of aromatic nitrogens is 3. The number of hydrogen-bond acceptors (Lipinski definition) is 4. The lowest BCUT2D eigenvalue weighted by molar-refractivity contribution is 0.410. The number of rotatable bonds is 4. The van der Waals surface area contributed by atoms with Crippen LogP contribution in [0.15, 0.2) is 24.3 Å². The molecule has 0 spiro atoms. The van der Waals surface area contributed by atoms with Gasteiger partial charge in [-0.1, -0.05) is 31.2 Å². The van der Waals surface area contributed by atoms with Crippen LogP contribution in [0.25, 0.3) is 5.69 Å². The van der Waals surface area contributed by atoms with Crippen molar-refractivity contribution < 1.29 is 4.74 Å². The van der Waals surface area contributed by atoms with Gasteiger partial charge < -0.3 is 10.5 Å². The fourth-order valence-electron chi connectivity index (χ4n) is 2.03. The Morgan fingerprint density at radius 3 is 2.67 bits per heavy atom. The molecular weight excluding hydrogens is 228 g/mol. The second kappa shape index (κ2) is 5.18. The Hall–Kier alpha value is -1.88. The van der Waals surface area contributed by atoms with Crippen LogP contribution in [0.1, 0.15) is 31.2 Å². The zero-order valence-corrected chi connectivity index (χ0v) is 10.9. The molecule has 0 fully saturated rings. The van der Waals surface area contributed by atoms with Crippen molar-refractivity contribution in [1.82, 2.24) is 15.0 Å². The van der Waals surface area contributed by atoms with Crippen LogP contribution in [-0.4, -0.2) is 22.1 Å². The lowest BCUT2D eigenvalue weighted by Crippen LogP contribution is -2.08. The molecule has 1 aromatic heterocycles. The maximum atomic E-state index is 5.70. The minimum Gasteiger partial charge on any atom is -0.494 e. The molecule has 0 aliphatic rings. The molecule has 5 heteroatoms. The van der Waals surface area contributed by atoms with Gasteiger partial charge in [0.1, 0.15) is 17.1 Å². The first-order valence-corrected chi connectivity index (χ1v) is 5.97. The molecule has 2 N–H and O–H groups in total. The van der Waals surface area contributed by atoms with Crippen molar-refractivity contribution in [3.8, 4) is 11.4 Å². The fourth-order valence-corrected chi connectivity index (χ4v) is 2.03. The average molecular weight is 246 g/mol. The van der Waals surface area contributed by atoms with E-state index >= 15 is 0 Å².